The van der Waals surface area contributed by atoms with Crippen LogP contribution in [0, 0.1) is 6.92 Å². The van der Waals surface area contributed by atoms with Gasteiger partial charge in [-0.25, -0.2) is 0 Å². The summed E-state index contributed by atoms with van der Waals surface area (Å²) < 4.78 is 0. The summed E-state index contributed by atoms with van der Waals surface area (Å²) in [5, 5.41) is 3.40. The lowest BCUT2D eigenvalue weighted by Gasteiger charge is -2.25. The predicted molar refractivity (Wildman–Crippen MR) is 78.3 cm³/mol. The zero-order valence-electron chi connectivity index (χ0n) is 11.0. The molecule has 1 aromatic rings. The van der Waals surface area contributed by atoms with Crippen LogP contribution in [-0.2, 0) is 4.79 Å². The molecule has 1 atom stereocenters. The maximum absolute atomic E-state index is 12.2. The predicted octanol–water partition coefficient (Wildman–Crippen LogP) is 2.05. The molecule has 0 spiro atoms. The third-order valence-electron chi connectivity index (χ3n) is 3.18. The van der Waals surface area contributed by atoms with Crippen molar-refractivity contribution in [3.05, 3.63) is 29.8 Å². The standard InChI is InChI=1S/C14H20N2OS/c1-11-4-3-5-13(8-11)16(2)14(17)9-12-10-18-7-6-15-12/h3-5,8,12,15H,6-7,9-10H2,1-2H3. The lowest BCUT2D eigenvalue weighted by molar-refractivity contribution is -0.118. The van der Waals surface area contributed by atoms with Crippen molar-refractivity contribution >= 4 is 23.4 Å². The van der Waals surface area contributed by atoms with Gasteiger partial charge in [-0.2, -0.15) is 11.8 Å². The molecule has 0 aliphatic carbocycles. The number of nitrogens with zero attached hydrogens (tertiary/aromatic N) is 1. The van der Waals surface area contributed by atoms with Crippen molar-refractivity contribution in [3.8, 4) is 0 Å². The van der Waals surface area contributed by atoms with Crippen LogP contribution in [0.3, 0.4) is 0 Å². The first-order valence-electron chi connectivity index (χ1n) is 6.31. The number of benzene rings is 1. The number of rotatable bonds is 3. The average Bonchev–Trinajstić information content (AvgIpc) is 2.39. The van der Waals surface area contributed by atoms with Crippen LogP contribution in [0.1, 0.15) is 12.0 Å². The molecule has 3 nitrogen and oxygen atoms in total. The van der Waals surface area contributed by atoms with E-state index in [2.05, 4.69) is 5.32 Å². The van der Waals surface area contributed by atoms with E-state index < -0.39 is 0 Å². The fraction of sp³-hybridized carbons (Fsp3) is 0.500. The molecule has 0 radical (unpaired) electrons. The summed E-state index contributed by atoms with van der Waals surface area (Å²) in [5.41, 5.74) is 2.15. The zero-order chi connectivity index (χ0) is 13.0. The highest BCUT2D eigenvalue weighted by atomic mass is 32.2. The van der Waals surface area contributed by atoms with Gasteiger partial charge in [-0.05, 0) is 24.6 Å². The Morgan fingerprint density at radius 1 is 1.56 bits per heavy atom. The topological polar surface area (TPSA) is 32.3 Å². The van der Waals surface area contributed by atoms with E-state index >= 15 is 0 Å². The summed E-state index contributed by atoms with van der Waals surface area (Å²) in [5.74, 6) is 2.37. The molecule has 4 heteroatoms. The molecular formula is C14H20N2OS. The van der Waals surface area contributed by atoms with Gasteiger partial charge in [-0.1, -0.05) is 12.1 Å². The summed E-state index contributed by atoms with van der Waals surface area (Å²) in [6.07, 6.45) is 0.581. The monoisotopic (exact) mass is 264 g/mol. The molecule has 1 aliphatic heterocycles. The van der Waals surface area contributed by atoms with Crippen molar-refractivity contribution in [2.75, 3.05) is 30.0 Å². The second-order valence-electron chi connectivity index (χ2n) is 4.72. The van der Waals surface area contributed by atoms with Crippen LogP contribution in [0.5, 0.6) is 0 Å². The van der Waals surface area contributed by atoms with Crippen molar-refractivity contribution in [2.24, 2.45) is 0 Å². The average molecular weight is 264 g/mol. The number of anilines is 1. The number of amides is 1. The number of nitrogens with one attached hydrogen (secondary N) is 1. The van der Waals surface area contributed by atoms with Crippen molar-refractivity contribution in [1.82, 2.24) is 5.32 Å². The van der Waals surface area contributed by atoms with E-state index in [0.29, 0.717) is 12.5 Å². The molecule has 1 fully saturated rings. The molecule has 2 rings (SSSR count). The Morgan fingerprint density at radius 3 is 3.06 bits per heavy atom. The van der Waals surface area contributed by atoms with E-state index in [0.717, 1.165) is 23.7 Å². The van der Waals surface area contributed by atoms with Gasteiger partial charge in [0.25, 0.3) is 0 Å². The van der Waals surface area contributed by atoms with Gasteiger partial charge in [0.2, 0.25) is 5.91 Å². The molecule has 98 valence electrons. The Balaban J connectivity index is 1.95. The van der Waals surface area contributed by atoms with Gasteiger partial charge in [0.15, 0.2) is 0 Å². The van der Waals surface area contributed by atoms with Gasteiger partial charge in [0.05, 0.1) is 0 Å². The molecule has 1 heterocycles. The van der Waals surface area contributed by atoms with Crippen molar-refractivity contribution in [3.63, 3.8) is 0 Å². The first-order chi connectivity index (χ1) is 8.66. The number of carbonyl (C=O) groups excluding carboxylic acids is 1. The van der Waals surface area contributed by atoms with Gasteiger partial charge in [0.1, 0.15) is 0 Å². The molecule has 1 saturated heterocycles. The maximum atomic E-state index is 12.2. The first-order valence-corrected chi connectivity index (χ1v) is 7.46. The largest absolute Gasteiger partial charge is 0.315 e. The number of carbonyl (C=O) groups is 1. The summed E-state index contributed by atoms with van der Waals surface area (Å²) in [7, 11) is 1.85. The van der Waals surface area contributed by atoms with E-state index in [1.807, 2.05) is 50.0 Å². The fourth-order valence-corrected chi connectivity index (χ4v) is 3.03. The van der Waals surface area contributed by atoms with Gasteiger partial charge < -0.3 is 10.2 Å². The fourth-order valence-electron chi connectivity index (χ4n) is 2.08. The van der Waals surface area contributed by atoms with Crippen molar-refractivity contribution < 1.29 is 4.79 Å². The molecule has 1 unspecified atom stereocenters. The van der Waals surface area contributed by atoms with Crippen LogP contribution >= 0.6 is 11.8 Å². The summed E-state index contributed by atoms with van der Waals surface area (Å²) >= 11 is 1.92. The van der Waals surface area contributed by atoms with Gasteiger partial charge in [-0.3, -0.25) is 4.79 Å². The third kappa shape index (κ3) is 3.50. The van der Waals surface area contributed by atoms with Crippen LogP contribution in [0.15, 0.2) is 24.3 Å². The minimum absolute atomic E-state index is 0.181. The van der Waals surface area contributed by atoms with Gasteiger partial charge in [-0.15, -0.1) is 0 Å². The third-order valence-corrected chi connectivity index (χ3v) is 4.31. The molecule has 1 aliphatic rings. The van der Waals surface area contributed by atoms with E-state index in [1.54, 1.807) is 4.90 Å². The summed E-state index contributed by atoms with van der Waals surface area (Å²) in [4.78, 5) is 14.0. The smallest absolute Gasteiger partial charge is 0.228 e. The molecule has 1 N–H and O–H groups in total. The Morgan fingerprint density at radius 2 is 2.39 bits per heavy atom. The molecular weight excluding hydrogens is 244 g/mol. The number of hydrogen-bond donors (Lipinski definition) is 1. The first kappa shape index (κ1) is 13.4. The Bertz CT molecular complexity index is 416. The second kappa shape index (κ2) is 6.25. The van der Waals surface area contributed by atoms with E-state index in [1.165, 1.54) is 5.56 Å². The Hall–Kier alpha value is -1.00. The number of aryl methyl sites for hydroxylation is 1. The zero-order valence-corrected chi connectivity index (χ0v) is 11.8. The number of thioether (sulfide) groups is 1. The highest BCUT2D eigenvalue weighted by Crippen LogP contribution is 2.17. The Kier molecular flexibility index (Phi) is 4.66. The highest BCUT2D eigenvalue weighted by molar-refractivity contribution is 7.99. The van der Waals surface area contributed by atoms with Crippen LogP contribution < -0.4 is 10.2 Å². The van der Waals surface area contributed by atoms with Crippen molar-refractivity contribution in [2.45, 2.75) is 19.4 Å². The lowest BCUT2D eigenvalue weighted by atomic mass is 10.1. The van der Waals surface area contributed by atoms with E-state index in [-0.39, 0.29) is 5.91 Å². The van der Waals surface area contributed by atoms with Gasteiger partial charge >= 0.3 is 0 Å². The van der Waals surface area contributed by atoms with Crippen LogP contribution in [0.25, 0.3) is 0 Å². The summed E-state index contributed by atoms with van der Waals surface area (Å²) in [6.45, 7) is 3.05. The SMILES string of the molecule is Cc1cccc(N(C)C(=O)CC2CSCCN2)c1. The van der Waals surface area contributed by atoms with Crippen molar-refractivity contribution in [1.29, 1.82) is 0 Å². The lowest BCUT2D eigenvalue weighted by Crippen LogP contribution is -2.41. The minimum atomic E-state index is 0.181. The van der Waals surface area contributed by atoms with Crippen LogP contribution in [0.2, 0.25) is 0 Å². The molecule has 1 aromatic carbocycles. The Labute approximate surface area is 113 Å². The summed E-state index contributed by atoms with van der Waals surface area (Å²) in [6, 6.07) is 8.38. The maximum Gasteiger partial charge on any atom is 0.228 e. The molecule has 0 bridgehead atoms. The van der Waals surface area contributed by atoms with Crippen LogP contribution in [0.4, 0.5) is 5.69 Å². The van der Waals surface area contributed by atoms with E-state index in [4.69, 9.17) is 0 Å². The quantitative estimate of drug-likeness (QED) is 0.907. The van der Waals surface area contributed by atoms with Gasteiger partial charge in [0, 0.05) is 43.2 Å². The molecule has 0 aromatic heterocycles. The molecule has 1 amide bonds. The van der Waals surface area contributed by atoms with E-state index in [9.17, 15) is 4.79 Å². The normalized spacial score (nSPS) is 19.6. The second-order valence-corrected chi connectivity index (χ2v) is 5.87. The molecule has 18 heavy (non-hydrogen) atoms. The minimum Gasteiger partial charge on any atom is -0.315 e. The highest BCUT2D eigenvalue weighted by Gasteiger charge is 2.19. The number of hydrogen-bond acceptors (Lipinski definition) is 3. The molecule has 0 saturated carbocycles. The van der Waals surface area contributed by atoms with Crippen LogP contribution in [-0.4, -0.2) is 37.0 Å².